The fourth-order valence-corrected chi connectivity index (χ4v) is 7.11. The number of carbonyl (C=O) groups is 2. The monoisotopic (exact) mass is 576 g/mol. The maximum atomic E-state index is 13.1. The highest BCUT2D eigenvalue weighted by molar-refractivity contribution is 7.99. The van der Waals surface area contributed by atoms with E-state index in [1.807, 2.05) is 49.6 Å². The number of thioether (sulfide) groups is 1. The molecule has 0 spiro atoms. The van der Waals surface area contributed by atoms with Gasteiger partial charge in [0.15, 0.2) is 11.0 Å². The first-order chi connectivity index (χ1) is 18.9. The molecule has 1 amide bonds. The molecule has 0 atom stereocenters. The fourth-order valence-electron chi connectivity index (χ4n) is 4.44. The molecule has 39 heavy (non-hydrogen) atoms. The third-order valence-electron chi connectivity index (χ3n) is 6.34. The van der Waals surface area contributed by atoms with E-state index in [0.29, 0.717) is 15.7 Å². The fraction of sp³-hybridized carbons (Fsp3) is 0.241. The first-order valence-corrected chi connectivity index (χ1v) is 15.3. The van der Waals surface area contributed by atoms with Gasteiger partial charge in [0.05, 0.1) is 12.9 Å². The van der Waals surface area contributed by atoms with Crippen molar-refractivity contribution in [3.63, 3.8) is 0 Å². The standard InChI is InChI=1S/C29H28N4O3S3/c1-5-12-33-26(22-15-37-23-9-7-6-8-19(22)23)31-32-29(33)39-16-24(34)30-27-25(28(35)36-4)21(14-38-27)20-13-17(2)10-11-18(20)3/h6-11,13-15H,5,12,16H2,1-4H3,(H,30,34). The zero-order chi connectivity index (χ0) is 27.5. The van der Waals surface area contributed by atoms with E-state index in [9.17, 15) is 9.59 Å². The van der Waals surface area contributed by atoms with E-state index in [0.717, 1.165) is 52.0 Å². The van der Waals surface area contributed by atoms with Crippen LogP contribution in [-0.4, -0.2) is 39.5 Å². The molecule has 0 fully saturated rings. The van der Waals surface area contributed by atoms with Crippen molar-refractivity contribution in [3.8, 4) is 22.5 Å². The van der Waals surface area contributed by atoms with Gasteiger partial charge in [-0.2, -0.15) is 0 Å². The van der Waals surface area contributed by atoms with Gasteiger partial charge in [-0.15, -0.1) is 32.9 Å². The summed E-state index contributed by atoms with van der Waals surface area (Å²) in [5.74, 6) is 0.226. The average molecular weight is 577 g/mol. The number of ether oxygens (including phenoxy) is 1. The number of nitrogens with one attached hydrogen (secondary N) is 1. The van der Waals surface area contributed by atoms with E-state index in [1.54, 1.807) is 11.3 Å². The second kappa shape index (κ2) is 11.7. The predicted octanol–water partition coefficient (Wildman–Crippen LogP) is 7.43. The third-order valence-corrected chi connectivity index (χ3v) is 9.16. The van der Waals surface area contributed by atoms with Crippen LogP contribution in [0.4, 0.5) is 5.00 Å². The number of rotatable bonds is 9. The van der Waals surface area contributed by atoms with Gasteiger partial charge in [-0.3, -0.25) is 4.79 Å². The molecule has 0 saturated heterocycles. The summed E-state index contributed by atoms with van der Waals surface area (Å²) in [6.45, 7) is 6.86. The van der Waals surface area contributed by atoms with Crippen LogP contribution in [0, 0.1) is 13.8 Å². The van der Waals surface area contributed by atoms with Crippen LogP contribution >= 0.6 is 34.4 Å². The summed E-state index contributed by atoms with van der Waals surface area (Å²) in [4.78, 5) is 25.8. The van der Waals surface area contributed by atoms with Crippen molar-refractivity contribution >= 4 is 61.4 Å². The lowest BCUT2D eigenvalue weighted by Crippen LogP contribution is -2.16. The Hall–Kier alpha value is -3.47. The van der Waals surface area contributed by atoms with Gasteiger partial charge in [0.2, 0.25) is 5.91 Å². The van der Waals surface area contributed by atoms with Crippen molar-refractivity contribution in [3.05, 3.63) is 69.9 Å². The van der Waals surface area contributed by atoms with Crippen LogP contribution in [0.2, 0.25) is 0 Å². The summed E-state index contributed by atoms with van der Waals surface area (Å²) in [7, 11) is 1.35. The number of carbonyl (C=O) groups excluding carboxylic acids is 2. The highest BCUT2D eigenvalue weighted by Crippen LogP contribution is 2.38. The minimum atomic E-state index is -0.481. The van der Waals surface area contributed by atoms with Gasteiger partial charge in [0.25, 0.3) is 0 Å². The SMILES string of the molecule is CCCn1c(SCC(=O)Nc2scc(-c3cc(C)ccc3C)c2C(=O)OC)nnc1-c1csc2ccccc12. The second-order valence-corrected chi connectivity index (χ2v) is 11.8. The Labute approximate surface area is 239 Å². The average Bonchev–Trinajstić information content (AvgIpc) is 3.65. The van der Waals surface area contributed by atoms with Crippen LogP contribution in [0.5, 0.6) is 0 Å². The van der Waals surface area contributed by atoms with Crippen molar-refractivity contribution in [1.29, 1.82) is 0 Å². The molecule has 10 heteroatoms. The highest BCUT2D eigenvalue weighted by Gasteiger charge is 2.24. The molecule has 5 aromatic rings. The lowest BCUT2D eigenvalue weighted by Gasteiger charge is -2.11. The predicted molar refractivity (Wildman–Crippen MR) is 161 cm³/mol. The molecule has 0 radical (unpaired) electrons. The molecule has 0 unspecified atom stereocenters. The molecule has 7 nitrogen and oxygen atoms in total. The first kappa shape index (κ1) is 27.1. The van der Waals surface area contributed by atoms with Crippen LogP contribution in [-0.2, 0) is 16.1 Å². The lowest BCUT2D eigenvalue weighted by atomic mass is 9.97. The number of aryl methyl sites for hydroxylation is 2. The summed E-state index contributed by atoms with van der Waals surface area (Å²) < 4.78 is 8.36. The molecule has 0 bridgehead atoms. The zero-order valence-electron chi connectivity index (χ0n) is 22.1. The molecule has 3 heterocycles. The number of methoxy groups -OCH3 is 1. The van der Waals surface area contributed by atoms with E-state index in [1.165, 1.54) is 34.9 Å². The Morgan fingerprint density at radius 3 is 2.62 bits per heavy atom. The molecule has 0 aliphatic heterocycles. The van der Waals surface area contributed by atoms with Crippen LogP contribution < -0.4 is 5.32 Å². The summed E-state index contributed by atoms with van der Waals surface area (Å²) in [5, 5.41) is 18.2. The van der Waals surface area contributed by atoms with Gasteiger partial charge >= 0.3 is 5.97 Å². The van der Waals surface area contributed by atoms with Gasteiger partial charge in [0.1, 0.15) is 10.6 Å². The topological polar surface area (TPSA) is 86.1 Å². The molecule has 1 N–H and O–H groups in total. The van der Waals surface area contributed by atoms with Crippen molar-refractivity contribution in [2.24, 2.45) is 0 Å². The third kappa shape index (κ3) is 5.50. The molecule has 0 aliphatic rings. The van der Waals surface area contributed by atoms with Gasteiger partial charge in [-0.25, -0.2) is 4.79 Å². The number of hydrogen-bond donors (Lipinski definition) is 1. The van der Waals surface area contributed by atoms with Gasteiger partial charge in [-0.05, 0) is 37.5 Å². The molecule has 3 aromatic heterocycles. The molecule has 2 aromatic carbocycles. The minimum absolute atomic E-state index is 0.129. The Morgan fingerprint density at radius 1 is 1.03 bits per heavy atom. The molecule has 0 aliphatic carbocycles. The number of esters is 1. The summed E-state index contributed by atoms with van der Waals surface area (Å²) in [6, 6.07) is 14.4. The lowest BCUT2D eigenvalue weighted by molar-refractivity contribution is -0.113. The molecule has 200 valence electrons. The van der Waals surface area contributed by atoms with E-state index in [-0.39, 0.29) is 11.7 Å². The number of amides is 1. The summed E-state index contributed by atoms with van der Waals surface area (Å²) in [5.41, 5.74) is 5.25. The van der Waals surface area contributed by atoms with E-state index in [4.69, 9.17) is 4.74 Å². The summed E-state index contributed by atoms with van der Waals surface area (Å²) >= 11 is 4.34. The number of aromatic nitrogens is 3. The van der Waals surface area contributed by atoms with Gasteiger partial charge in [-0.1, -0.05) is 60.6 Å². The van der Waals surface area contributed by atoms with Crippen molar-refractivity contribution in [2.75, 3.05) is 18.2 Å². The number of fused-ring (bicyclic) bond motifs is 1. The quantitative estimate of drug-likeness (QED) is 0.145. The van der Waals surface area contributed by atoms with Gasteiger partial charge in [0, 0.05) is 38.5 Å². The zero-order valence-corrected chi connectivity index (χ0v) is 24.6. The Morgan fingerprint density at radius 2 is 1.82 bits per heavy atom. The highest BCUT2D eigenvalue weighted by atomic mass is 32.2. The normalized spacial score (nSPS) is 11.2. The second-order valence-electron chi connectivity index (χ2n) is 9.10. The number of thiophene rings is 2. The molecule has 5 rings (SSSR count). The van der Waals surface area contributed by atoms with Crippen LogP contribution in [0.3, 0.4) is 0 Å². The smallest absolute Gasteiger partial charge is 0.341 e. The maximum Gasteiger partial charge on any atom is 0.341 e. The Bertz CT molecular complexity index is 1670. The van der Waals surface area contributed by atoms with Crippen LogP contribution in [0.25, 0.3) is 32.6 Å². The first-order valence-electron chi connectivity index (χ1n) is 12.5. The minimum Gasteiger partial charge on any atom is -0.465 e. The Balaban J connectivity index is 1.37. The van der Waals surface area contributed by atoms with E-state index >= 15 is 0 Å². The molecule has 0 saturated carbocycles. The Kier molecular flexibility index (Phi) is 8.15. The largest absolute Gasteiger partial charge is 0.465 e. The summed E-state index contributed by atoms with van der Waals surface area (Å²) in [6.07, 6.45) is 0.908. The van der Waals surface area contributed by atoms with E-state index in [2.05, 4.69) is 44.5 Å². The van der Waals surface area contributed by atoms with Crippen molar-refractivity contribution in [1.82, 2.24) is 14.8 Å². The van der Waals surface area contributed by atoms with Crippen LogP contribution in [0.1, 0.15) is 34.8 Å². The van der Waals surface area contributed by atoms with Crippen molar-refractivity contribution < 1.29 is 14.3 Å². The molecular weight excluding hydrogens is 549 g/mol. The van der Waals surface area contributed by atoms with E-state index < -0.39 is 5.97 Å². The number of benzene rings is 2. The number of hydrogen-bond acceptors (Lipinski definition) is 8. The maximum absolute atomic E-state index is 13.1. The molecular formula is C29H28N4O3S3. The van der Waals surface area contributed by atoms with Crippen LogP contribution in [0.15, 0.2) is 58.4 Å². The van der Waals surface area contributed by atoms with Gasteiger partial charge < -0.3 is 14.6 Å². The number of anilines is 1. The number of nitrogens with zero attached hydrogens (tertiary/aromatic N) is 3. The van der Waals surface area contributed by atoms with Crippen molar-refractivity contribution in [2.45, 2.75) is 38.9 Å².